The van der Waals surface area contributed by atoms with Crippen molar-refractivity contribution in [3.8, 4) is 5.75 Å². The van der Waals surface area contributed by atoms with Crippen LogP contribution in [0.25, 0.3) is 0 Å². The van der Waals surface area contributed by atoms with Gasteiger partial charge in [0.25, 0.3) is 11.8 Å². The van der Waals surface area contributed by atoms with Gasteiger partial charge >= 0.3 is 5.97 Å². The first kappa shape index (κ1) is 26.3. The van der Waals surface area contributed by atoms with Crippen molar-refractivity contribution >= 4 is 29.5 Å². The van der Waals surface area contributed by atoms with E-state index in [1.807, 2.05) is 97.9 Å². The molecule has 0 bridgehead atoms. The Morgan fingerprint density at radius 1 is 0.974 bits per heavy atom. The second kappa shape index (κ2) is 12.0. The molecular weight excluding hydrogens is 512 g/mol. The van der Waals surface area contributed by atoms with Crippen LogP contribution in [0.15, 0.2) is 114 Å². The zero-order valence-corrected chi connectivity index (χ0v) is 22.2. The minimum absolute atomic E-state index is 0.213. The van der Waals surface area contributed by atoms with Gasteiger partial charge in [-0.25, -0.2) is 4.79 Å². The number of carbonyl (C=O) groups is 3. The SMILES string of the molecule is C/C=C\C1=C(C(=O)OC(c2ccccc2)c2ccccc2)N2C(=O)[C@@H](NC(=O)COc3ccccc3)[C@H]2SC1. The van der Waals surface area contributed by atoms with Crippen molar-refractivity contribution < 1.29 is 23.9 Å². The number of carbonyl (C=O) groups excluding carboxylic acids is 3. The van der Waals surface area contributed by atoms with Gasteiger partial charge in [-0.05, 0) is 35.8 Å². The summed E-state index contributed by atoms with van der Waals surface area (Å²) in [6, 6.07) is 27.2. The van der Waals surface area contributed by atoms with E-state index in [0.29, 0.717) is 17.1 Å². The van der Waals surface area contributed by atoms with Crippen LogP contribution in [0, 0.1) is 0 Å². The number of benzene rings is 3. The molecule has 0 aromatic heterocycles. The van der Waals surface area contributed by atoms with E-state index in [2.05, 4.69) is 5.32 Å². The van der Waals surface area contributed by atoms with E-state index >= 15 is 0 Å². The lowest BCUT2D eigenvalue weighted by Crippen LogP contribution is -2.70. The Kier molecular flexibility index (Phi) is 8.13. The fourth-order valence-corrected chi connectivity index (χ4v) is 5.91. The quantitative estimate of drug-likeness (QED) is 0.315. The highest BCUT2D eigenvalue weighted by atomic mass is 32.2. The van der Waals surface area contributed by atoms with Crippen LogP contribution in [0.4, 0.5) is 0 Å². The van der Waals surface area contributed by atoms with E-state index in [-0.39, 0.29) is 18.2 Å². The Morgan fingerprint density at radius 2 is 1.56 bits per heavy atom. The smallest absolute Gasteiger partial charge is 0.356 e. The third-order valence-electron chi connectivity index (χ3n) is 6.42. The van der Waals surface area contributed by atoms with Crippen molar-refractivity contribution in [2.45, 2.75) is 24.4 Å². The molecule has 3 aromatic rings. The summed E-state index contributed by atoms with van der Waals surface area (Å²) in [7, 11) is 0. The van der Waals surface area contributed by atoms with E-state index in [0.717, 1.165) is 11.1 Å². The normalized spacial score (nSPS) is 18.5. The number of esters is 1. The van der Waals surface area contributed by atoms with E-state index in [4.69, 9.17) is 9.47 Å². The number of hydrogen-bond acceptors (Lipinski definition) is 6. The Labute approximate surface area is 231 Å². The molecular formula is C31H28N2O5S. The third-order valence-corrected chi connectivity index (χ3v) is 7.72. The number of thioether (sulfide) groups is 1. The Morgan fingerprint density at radius 3 is 2.15 bits per heavy atom. The fourth-order valence-electron chi connectivity index (χ4n) is 4.59. The minimum Gasteiger partial charge on any atom is -0.484 e. The number of nitrogens with one attached hydrogen (secondary N) is 1. The van der Waals surface area contributed by atoms with Crippen molar-refractivity contribution in [3.63, 3.8) is 0 Å². The Balaban J connectivity index is 1.34. The predicted molar refractivity (Wildman–Crippen MR) is 150 cm³/mol. The first-order chi connectivity index (χ1) is 19.1. The van der Waals surface area contributed by atoms with Gasteiger partial charge in [0, 0.05) is 5.75 Å². The molecule has 1 N–H and O–H groups in total. The summed E-state index contributed by atoms with van der Waals surface area (Å²) < 4.78 is 11.6. The van der Waals surface area contributed by atoms with Gasteiger partial charge in [0.05, 0.1) is 0 Å². The second-order valence-electron chi connectivity index (χ2n) is 9.04. The van der Waals surface area contributed by atoms with Crippen LogP contribution in [0.5, 0.6) is 5.75 Å². The van der Waals surface area contributed by atoms with Crippen LogP contribution in [-0.2, 0) is 19.1 Å². The zero-order chi connectivity index (χ0) is 27.2. The van der Waals surface area contributed by atoms with Gasteiger partial charge in [-0.3, -0.25) is 14.5 Å². The van der Waals surface area contributed by atoms with E-state index in [1.54, 1.807) is 12.1 Å². The lowest BCUT2D eigenvalue weighted by Gasteiger charge is -2.49. The van der Waals surface area contributed by atoms with Crippen molar-refractivity contribution in [1.82, 2.24) is 10.2 Å². The van der Waals surface area contributed by atoms with Gasteiger partial charge in [-0.15, -0.1) is 11.8 Å². The number of β-lactam (4-membered cyclic amide) rings is 1. The first-order valence-electron chi connectivity index (χ1n) is 12.7. The van der Waals surface area contributed by atoms with Gasteiger partial charge < -0.3 is 14.8 Å². The minimum atomic E-state index is -0.754. The number of hydrogen-bond donors (Lipinski definition) is 1. The fraction of sp³-hybridized carbons (Fsp3) is 0.194. The average Bonchev–Trinajstić information content (AvgIpc) is 2.98. The Bertz CT molecular complexity index is 1350. The van der Waals surface area contributed by atoms with E-state index < -0.39 is 29.4 Å². The summed E-state index contributed by atoms with van der Waals surface area (Å²) in [5.41, 5.74) is 2.56. The number of ether oxygens (including phenoxy) is 2. The molecule has 39 heavy (non-hydrogen) atoms. The second-order valence-corrected chi connectivity index (χ2v) is 10.1. The highest BCUT2D eigenvalue weighted by Crippen LogP contribution is 2.42. The molecule has 2 aliphatic heterocycles. The molecule has 0 aliphatic carbocycles. The molecule has 1 saturated heterocycles. The van der Waals surface area contributed by atoms with Gasteiger partial charge in [0.2, 0.25) is 0 Å². The maximum Gasteiger partial charge on any atom is 0.356 e. The number of amides is 2. The van der Waals surface area contributed by atoms with Crippen molar-refractivity contribution in [2.75, 3.05) is 12.4 Å². The number of para-hydroxylation sites is 1. The summed E-state index contributed by atoms with van der Waals surface area (Å²) >= 11 is 1.49. The number of rotatable bonds is 9. The number of fused-ring (bicyclic) bond motifs is 1. The molecule has 2 amide bonds. The van der Waals surface area contributed by atoms with E-state index in [9.17, 15) is 14.4 Å². The number of nitrogens with zero attached hydrogens (tertiary/aromatic N) is 1. The summed E-state index contributed by atoms with van der Waals surface area (Å²) in [6.07, 6.45) is 3.02. The lowest BCUT2D eigenvalue weighted by molar-refractivity contribution is -0.154. The van der Waals surface area contributed by atoms with Gasteiger partial charge in [0.15, 0.2) is 12.7 Å². The summed E-state index contributed by atoms with van der Waals surface area (Å²) in [6.45, 7) is 1.65. The molecule has 0 saturated carbocycles. The molecule has 0 spiro atoms. The highest BCUT2D eigenvalue weighted by Gasteiger charge is 2.54. The molecule has 0 unspecified atom stereocenters. The van der Waals surface area contributed by atoms with Crippen molar-refractivity contribution in [1.29, 1.82) is 0 Å². The topological polar surface area (TPSA) is 84.9 Å². The summed E-state index contributed by atoms with van der Waals surface area (Å²) in [5, 5.41) is 2.35. The average molecular weight is 541 g/mol. The summed E-state index contributed by atoms with van der Waals surface area (Å²) in [5.74, 6) is -0.284. The van der Waals surface area contributed by atoms with Gasteiger partial charge in [0.1, 0.15) is 22.9 Å². The van der Waals surface area contributed by atoms with Crippen LogP contribution in [-0.4, -0.2) is 46.5 Å². The Hall–Kier alpha value is -4.30. The van der Waals surface area contributed by atoms with Gasteiger partial charge in [-0.1, -0.05) is 91.0 Å². The molecule has 8 heteroatoms. The monoisotopic (exact) mass is 540 g/mol. The molecule has 0 radical (unpaired) electrons. The molecule has 2 atom stereocenters. The van der Waals surface area contributed by atoms with Gasteiger partial charge in [-0.2, -0.15) is 0 Å². The number of allylic oxidation sites excluding steroid dienone is 2. The van der Waals surface area contributed by atoms with Crippen LogP contribution in [0.3, 0.4) is 0 Å². The van der Waals surface area contributed by atoms with Crippen molar-refractivity contribution in [2.24, 2.45) is 0 Å². The zero-order valence-electron chi connectivity index (χ0n) is 21.4. The van der Waals surface area contributed by atoms with Crippen LogP contribution in [0.1, 0.15) is 24.2 Å². The van der Waals surface area contributed by atoms with E-state index in [1.165, 1.54) is 16.7 Å². The van der Waals surface area contributed by atoms with Crippen molar-refractivity contribution in [3.05, 3.63) is 126 Å². The van der Waals surface area contributed by atoms with Crippen LogP contribution in [0.2, 0.25) is 0 Å². The largest absolute Gasteiger partial charge is 0.484 e. The molecule has 1 fully saturated rings. The molecule has 3 aromatic carbocycles. The lowest BCUT2D eigenvalue weighted by atomic mass is 10.0. The predicted octanol–water partition coefficient (Wildman–Crippen LogP) is 4.63. The molecule has 7 nitrogen and oxygen atoms in total. The molecule has 5 rings (SSSR count). The first-order valence-corrected chi connectivity index (χ1v) is 13.7. The maximum atomic E-state index is 13.7. The van der Waals surface area contributed by atoms with Crippen LogP contribution >= 0.6 is 11.8 Å². The molecule has 2 aliphatic rings. The molecule has 198 valence electrons. The highest BCUT2D eigenvalue weighted by molar-refractivity contribution is 8.00. The maximum absolute atomic E-state index is 13.7. The van der Waals surface area contributed by atoms with Crippen LogP contribution < -0.4 is 10.1 Å². The third kappa shape index (κ3) is 5.76. The molecule has 2 heterocycles. The summed E-state index contributed by atoms with van der Waals surface area (Å²) in [4.78, 5) is 41.0. The standard InChI is InChI=1S/C31H28N2O5S/c1-2-12-23-20-39-30-26(32-25(34)19-37-24-17-10-5-11-18-24)29(35)33(30)27(23)31(36)38-28(21-13-6-3-7-14-21)22-15-8-4-9-16-22/h2-18,26,28,30H,19-20H2,1H3,(H,32,34)/b12-2-/t26-,30-/m1/s1.